The Morgan fingerprint density at radius 3 is 3.06 bits per heavy atom. The van der Waals surface area contributed by atoms with E-state index in [0.29, 0.717) is 24.9 Å². The maximum Gasteiger partial charge on any atom is 0.233 e. The number of carbonyl (C=O) groups is 1. The van der Waals surface area contributed by atoms with Gasteiger partial charge in [0.05, 0.1) is 6.54 Å². The molecule has 1 amide bonds. The number of ether oxygens (including phenoxy) is 1. The molecular weight excluding hydrogens is 236 g/mol. The summed E-state index contributed by atoms with van der Waals surface area (Å²) >= 11 is 2.03. The topological polar surface area (TPSA) is 50.4 Å². The molecule has 0 radical (unpaired) electrons. The van der Waals surface area contributed by atoms with Crippen LogP contribution in [0.4, 0.5) is 0 Å². The SMILES string of the molecule is COCCCNC(=O)CNCC1CCCCS1. The predicted molar refractivity (Wildman–Crippen MR) is 72.5 cm³/mol. The number of amides is 1. The zero-order chi connectivity index (χ0) is 12.3. The van der Waals surface area contributed by atoms with Gasteiger partial charge in [-0.15, -0.1) is 0 Å². The van der Waals surface area contributed by atoms with Crippen molar-refractivity contribution >= 4 is 17.7 Å². The van der Waals surface area contributed by atoms with E-state index in [9.17, 15) is 4.79 Å². The van der Waals surface area contributed by atoms with Crippen LogP contribution in [0.15, 0.2) is 0 Å². The molecule has 1 saturated heterocycles. The van der Waals surface area contributed by atoms with Gasteiger partial charge in [-0.25, -0.2) is 0 Å². The number of thioether (sulfide) groups is 1. The average Bonchev–Trinajstić information content (AvgIpc) is 2.36. The van der Waals surface area contributed by atoms with Crippen LogP contribution < -0.4 is 10.6 Å². The summed E-state index contributed by atoms with van der Waals surface area (Å²) in [6.45, 7) is 2.79. The molecule has 1 fully saturated rings. The summed E-state index contributed by atoms with van der Waals surface area (Å²) in [5.74, 6) is 1.36. The van der Waals surface area contributed by atoms with Gasteiger partial charge >= 0.3 is 0 Å². The van der Waals surface area contributed by atoms with Gasteiger partial charge in [0.25, 0.3) is 0 Å². The van der Waals surface area contributed by atoms with Crippen molar-refractivity contribution in [1.29, 1.82) is 0 Å². The second kappa shape index (κ2) is 9.74. The maximum absolute atomic E-state index is 11.4. The quantitative estimate of drug-likeness (QED) is 0.640. The molecule has 1 aliphatic heterocycles. The normalized spacial score (nSPS) is 20.2. The minimum atomic E-state index is 0.0851. The van der Waals surface area contributed by atoms with Crippen molar-refractivity contribution in [3.8, 4) is 0 Å². The van der Waals surface area contributed by atoms with Crippen LogP contribution in [0.3, 0.4) is 0 Å². The van der Waals surface area contributed by atoms with Crippen LogP contribution in [-0.4, -0.2) is 50.3 Å². The summed E-state index contributed by atoms with van der Waals surface area (Å²) in [5.41, 5.74) is 0. The Labute approximate surface area is 108 Å². The summed E-state index contributed by atoms with van der Waals surface area (Å²) in [5, 5.41) is 6.80. The van der Waals surface area contributed by atoms with E-state index in [0.717, 1.165) is 13.0 Å². The van der Waals surface area contributed by atoms with E-state index in [1.165, 1.54) is 25.0 Å². The molecule has 0 aromatic carbocycles. The van der Waals surface area contributed by atoms with Gasteiger partial charge in [0.2, 0.25) is 5.91 Å². The fourth-order valence-corrected chi connectivity index (χ4v) is 3.10. The van der Waals surface area contributed by atoms with Crippen molar-refractivity contribution in [2.24, 2.45) is 0 Å². The smallest absolute Gasteiger partial charge is 0.233 e. The van der Waals surface area contributed by atoms with Gasteiger partial charge in [-0.2, -0.15) is 11.8 Å². The average molecular weight is 260 g/mol. The Morgan fingerprint density at radius 1 is 1.47 bits per heavy atom. The van der Waals surface area contributed by atoms with Gasteiger partial charge in [-0.1, -0.05) is 6.42 Å². The Bertz CT molecular complexity index is 209. The highest BCUT2D eigenvalue weighted by molar-refractivity contribution is 7.99. The first-order valence-electron chi connectivity index (χ1n) is 6.41. The molecule has 0 saturated carbocycles. The van der Waals surface area contributed by atoms with Crippen LogP contribution in [0.2, 0.25) is 0 Å². The van der Waals surface area contributed by atoms with E-state index < -0.39 is 0 Å². The largest absolute Gasteiger partial charge is 0.385 e. The summed E-state index contributed by atoms with van der Waals surface area (Å²) in [6, 6.07) is 0. The fourth-order valence-electron chi connectivity index (χ4n) is 1.82. The Morgan fingerprint density at radius 2 is 2.35 bits per heavy atom. The predicted octanol–water partition coefficient (Wildman–Crippen LogP) is 1.01. The van der Waals surface area contributed by atoms with Gasteiger partial charge in [-0.05, 0) is 25.0 Å². The molecule has 5 heteroatoms. The van der Waals surface area contributed by atoms with Crippen LogP contribution in [0.5, 0.6) is 0 Å². The highest BCUT2D eigenvalue weighted by Crippen LogP contribution is 2.23. The first-order valence-corrected chi connectivity index (χ1v) is 7.45. The number of methoxy groups -OCH3 is 1. The van der Waals surface area contributed by atoms with Crippen molar-refractivity contribution in [3.05, 3.63) is 0 Å². The van der Waals surface area contributed by atoms with Gasteiger partial charge in [0, 0.05) is 32.1 Å². The Hall–Kier alpha value is -0.260. The molecule has 1 rings (SSSR count). The van der Waals surface area contributed by atoms with E-state index in [1.54, 1.807) is 7.11 Å². The monoisotopic (exact) mass is 260 g/mol. The molecule has 4 nitrogen and oxygen atoms in total. The summed E-state index contributed by atoms with van der Waals surface area (Å²) < 4.78 is 4.91. The van der Waals surface area contributed by atoms with Crippen LogP contribution in [-0.2, 0) is 9.53 Å². The van der Waals surface area contributed by atoms with Crippen LogP contribution in [0, 0.1) is 0 Å². The van der Waals surface area contributed by atoms with E-state index in [1.807, 2.05) is 11.8 Å². The van der Waals surface area contributed by atoms with Gasteiger partial charge in [0.1, 0.15) is 0 Å². The number of nitrogens with one attached hydrogen (secondary N) is 2. The highest BCUT2D eigenvalue weighted by atomic mass is 32.2. The number of rotatable bonds is 8. The van der Waals surface area contributed by atoms with Crippen molar-refractivity contribution in [2.75, 3.05) is 39.1 Å². The fraction of sp³-hybridized carbons (Fsp3) is 0.917. The first-order chi connectivity index (χ1) is 8.33. The minimum absolute atomic E-state index is 0.0851. The van der Waals surface area contributed by atoms with E-state index in [4.69, 9.17) is 4.74 Å². The van der Waals surface area contributed by atoms with Crippen molar-refractivity contribution in [2.45, 2.75) is 30.9 Å². The molecule has 1 unspecified atom stereocenters. The van der Waals surface area contributed by atoms with Crippen molar-refractivity contribution in [1.82, 2.24) is 10.6 Å². The third kappa shape index (κ3) is 7.63. The first kappa shape index (κ1) is 14.8. The maximum atomic E-state index is 11.4. The van der Waals surface area contributed by atoms with Crippen LogP contribution in [0.1, 0.15) is 25.7 Å². The molecule has 0 aromatic rings. The lowest BCUT2D eigenvalue weighted by atomic mass is 10.2. The molecule has 0 spiro atoms. The van der Waals surface area contributed by atoms with E-state index in [-0.39, 0.29) is 5.91 Å². The lowest BCUT2D eigenvalue weighted by molar-refractivity contribution is -0.120. The second-order valence-electron chi connectivity index (χ2n) is 4.32. The van der Waals surface area contributed by atoms with Gasteiger partial charge < -0.3 is 15.4 Å². The number of hydrogen-bond donors (Lipinski definition) is 2. The summed E-state index contributed by atoms with van der Waals surface area (Å²) in [4.78, 5) is 11.4. The third-order valence-corrected chi connectivity index (χ3v) is 4.18. The van der Waals surface area contributed by atoms with Gasteiger partial charge in [-0.3, -0.25) is 4.79 Å². The molecule has 17 heavy (non-hydrogen) atoms. The number of carbonyl (C=O) groups excluding carboxylic acids is 1. The number of hydrogen-bond acceptors (Lipinski definition) is 4. The van der Waals surface area contributed by atoms with Crippen molar-refractivity contribution in [3.63, 3.8) is 0 Å². The lowest BCUT2D eigenvalue weighted by Crippen LogP contribution is -2.37. The molecule has 0 aliphatic carbocycles. The molecule has 1 atom stereocenters. The lowest BCUT2D eigenvalue weighted by Gasteiger charge is -2.21. The molecule has 0 aromatic heterocycles. The van der Waals surface area contributed by atoms with Crippen LogP contribution in [0.25, 0.3) is 0 Å². The molecule has 2 N–H and O–H groups in total. The molecule has 100 valence electrons. The molecular formula is C12H24N2O2S. The third-order valence-electron chi connectivity index (χ3n) is 2.78. The zero-order valence-electron chi connectivity index (χ0n) is 10.7. The van der Waals surface area contributed by atoms with Crippen molar-refractivity contribution < 1.29 is 9.53 Å². The summed E-state index contributed by atoms with van der Waals surface area (Å²) in [6.07, 6.45) is 4.84. The minimum Gasteiger partial charge on any atom is -0.385 e. The second-order valence-corrected chi connectivity index (χ2v) is 5.72. The van der Waals surface area contributed by atoms with E-state index >= 15 is 0 Å². The molecule has 0 bridgehead atoms. The highest BCUT2D eigenvalue weighted by Gasteiger charge is 2.13. The summed E-state index contributed by atoms with van der Waals surface area (Å²) in [7, 11) is 1.67. The zero-order valence-corrected chi connectivity index (χ0v) is 11.5. The molecule has 1 heterocycles. The van der Waals surface area contributed by atoms with Gasteiger partial charge in [0.15, 0.2) is 0 Å². The van der Waals surface area contributed by atoms with E-state index in [2.05, 4.69) is 10.6 Å². The Kier molecular flexibility index (Phi) is 8.48. The Balaban J connectivity index is 1.92. The molecule has 1 aliphatic rings. The standard InChI is InChI=1S/C12H24N2O2S/c1-16-7-4-6-14-12(15)10-13-9-11-5-2-3-8-17-11/h11,13H,2-10H2,1H3,(H,14,15). The van der Waals surface area contributed by atoms with Crippen LogP contribution >= 0.6 is 11.8 Å².